The molecule has 0 aliphatic heterocycles. The van der Waals surface area contributed by atoms with E-state index in [4.69, 9.17) is 29.6 Å². The number of nitrogens with zero attached hydrogens (tertiary/aromatic N) is 1. The van der Waals surface area contributed by atoms with E-state index in [1.165, 1.54) is 5.56 Å². The molecule has 4 heteroatoms. The predicted molar refractivity (Wildman–Crippen MR) is 85.9 cm³/mol. The molecule has 0 saturated heterocycles. The average Bonchev–Trinajstić information content (AvgIpc) is 2.41. The van der Waals surface area contributed by atoms with Crippen molar-refractivity contribution in [1.29, 1.82) is 0 Å². The molecule has 0 saturated carbocycles. The number of rotatable bonds is 4. The van der Waals surface area contributed by atoms with Gasteiger partial charge in [-0.2, -0.15) is 0 Å². The molecule has 0 aliphatic carbocycles. The Balaban J connectivity index is 2.22. The normalized spacial score (nSPS) is 10.2. The first-order valence-electron chi connectivity index (χ1n) is 5.92. The first-order valence-corrected chi connectivity index (χ1v) is 6.71. The third kappa shape index (κ3) is 3.46. The Morgan fingerprint density at radius 1 is 1.16 bits per heavy atom. The molecule has 98 valence electrons. The standard InChI is InChI=1S/C15H15ClN2S/c1-18(10-11-6-8-12(16)9-7-11)14-5-3-2-4-13(14)15(17)19/h2-9H,10H2,1H3,(H2,17,19). The maximum atomic E-state index is 5.88. The molecule has 0 unspecified atom stereocenters. The van der Waals surface area contributed by atoms with Crippen molar-refractivity contribution in [2.45, 2.75) is 6.54 Å². The van der Waals surface area contributed by atoms with E-state index in [2.05, 4.69) is 4.90 Å². The van der Waals surface area contributed by atoms with Gasteiger partial charge < -0.3 is 10.6 Å². The molecule has 2 aromatic rings. The van der Waals surface area contributed by atoms with Crippen molar-refractivity contribution < 1.29 is 0 Å². The van der Waals surface area contributed by atoms with Crippen LogP contribution in [0.3, 0.4) is 0 Å². The minimum Gasteiger partial charge on any atom is -0.389 e. The second-order valence-corrected chi connectivity index (χ2v) is 5.24. The van der Waals surface area contributed by atoms with Crippen molar-refractivity contribution in [3.05, 3.63) is 64.7 Å². The molecule has 0 spiro atoms. The maximum Gasteiger partial charge on any atom is 0.106 e. The zero-order chi connectivity index (χ0) is 13.8. The van der Waals surface area contributed by atoms with Gasteiger partial charge in [0.15, 0.2) is 0 Å². The van der Waals surface area contributed by atoms with E-state index in [-0.39, 0.29) is 0 Å². The summed E-state index contributed by atoms with van der Waals surface area (Å²) in [7, 11) is 2.02. The van der Waals surface area contributed by atoms with Crippen LogP contribution in [0.4, 0.5) is 5.69 Å². The Kier molecular flexibility index (Phi) is 4.40. The van der Waals surface area contributed by atoms with E-state index < -0.39 is 0 Å². The molecule has 0 fully saturated rings. The van der Waals surface area contributed by atoms with E-state index in [0.29, 0.717) is 4.99 Å². The summed E-state index contributed by atoms with van der Waals surface area (Å²) in [5.74, 6) is 0. The number of thiocarbonyl (C=S) groups is 1. The molecule has 0 bridgehead atoms. The highest BCUT2D eigenvalue weighted by molar-refractivity contribution is 7.80. The highest BCUT2D eigenvalue weighted by atomic mass is 35.5. The summed E-state index contributed by atoms with van der Waals surface area (Å²) in [6.45, 7) is 0.775. The molecule has 0 aromatic heterocycles. The highest BCUT2D eigenvalue weighted by Gasteiger charge is 2.09. The number of halogens is 1. The summed E-state index contributed by atoms with van der Waals surface area (Å²) in [5.41, 5.74) is 8.87. The van der Waals surface area contributed by atoms with E-state index in [9.17, 15) is 0 Å². The third-order valence-corrected chi connectivity index (χ3v) is 3.39. The van der Waals surface area contributed by atoms with E-state index >= 15 is 0 Å². The highest BCUT2D eigenvalue weighted by Crippen LogP contribution is 2.21. The molecule has 2 N–H and O–H groups in total. The second kappa shape index (κ2) is 6.04. The summed E-state index contributed by atoms with van der Waals surface area (Å²) in [6.07, 6.45) is 0. The van der Waals surface area contributed by atoms with E-state index in [0.717, 1.165) is 22.8 Å². The largest absolute Gasteiger partial charge is 0.389 e. The van der Waals surface area contributed by atoms with Crippen LogP contribution in [0.2, 0.25) is 5.02 Å². The van der Waals surface area contributed by atoms with Crippen molar-refractivity contribution in [1.82, 2.24) is 0 Å². The van der Waals surface area contributed by atoms with Crippen molar-refractivity contribution in [2.24, 2.45) is 5.73 Å². The molecule has 2 nitrogen and oxygen atoms in total. The Hall–Kier alpha value is -1.58. The lowest BCUT2D eigenvalue weighted by molar-refractivity contribution is 0.922. The van der Waals surface area contributed by atoms with Crippen LogP contribution in [0.15, 0.2) is 48.5 Å². The van der Waals surface area contributed by atoms with E-state index in [1.54, 1.807) is 0 Å². The van der Waals surface area contributed by atoms with Gasteiger partial charge in [-0.25, -0.2) is 0 Å². The fourth-order valence-electron chi connectivity index (χ4n) is 1.96. The number of anilines is 1. The van der Waals surface area contributed by atoms with Crippen molar-refractivity contribution in [3.8, 4) is 0 Å². The van der Waals surface area contributed by atoms with Crippen molar-refractivity contribution in [3.63, 3.8) is 0 Å². The van der Waals surface area contributed by atoms with E-state index in [1.807, 2.05) is 55.6 Å². The summed E-state index contributed by atoms with van der Waals surface area (Å²) in [4.78, 5) is 2.54. The Morgan fingerprint density at radius 3 is 2.42 bits per heavy atom. The lowest BCUT2D eigenvalue weighted by atomic mass is 10.1. The fraction of sp³-hybridized carbons (Fsp3) is 0.133. The molecular formula is C15H15ClN2S. The molecule has 2 aromatic carbocycles. The maximum absolute atomic E-state index is 5.88. The van der Waals surface area contributed by atoms with Crippen molar-refractivity contribution in [2.75, 3.05) is 11.9 Å². The zero-order valence-electron chi connectivity index (χ0n) is 10.6. The van der Waals surface area contributed by atoms with Gasteiger partial charge in [-0.1, -0.05) is 48.1 Å². The summed E-state index contributed by atoms with van der Waals surface area (Å²) >= 11 is 11.0. The molecule has 0 aliphatic rings. The Labute approximate surface area is 123 Å². The summed E-state index contributed by atoms with van der Waals surface area (Å²) < 4.78 is 0. The van der Waals surface area contributed by atoms with Crippen LogP contribution >= 0.6 is 23.8 Å². The van der Waals surface area contributed by atoms with Crippen LogP contribution in [-0.2, 0) is 6.54 Å². The topological polar surface area (TPSA) is 29.3 Å². The van der Waals surface area contributed by atoms with Crippen LogP contribution in [0, 0.1) is 0 Å². The Morgan fingerprint density at radius 2 is 1.79 bits per heavy atom. The number of nitrogens with two attached hydrogens (primary N) is 1. The monoisotopic (exact) mass is 290 g/mol. The van der Waals surface area contributed by atoms with Gasteiger partial charge in [-0.15, -0.1) is 0 Å². The van der Waals surface area contributed by atoms with Crippen LogP contribution in [-0.4, -0.2) is 12.0 Å². The van der Waals surface area contributed by atoms with Crippen LogP contribution in [0.1, 0.15) is 11.1 Å². The van der Waals surface area contributed by atoms with Gasteiger partial charge in [0.05, 0.1) is 0 Å². The summed E-state index contributed by atoms with van der Waals surface area (Å²) in [5, 5.41) is 0.745. The van der Waals surface area contributed by atoms with Gasteiger partial charge in [0.2, 0.25) is 0 Å². The van der Waals surface area contributed by atoms with Gasteiger partial charge in [-0.05, 0) is 29.8 Å². The number of benzene rings is 2. The van der Waals surface area contributed by atoms with Gasteiger partial charge in [0.25, 0.3) is 0 Å². The van der Waals surface area contributed by atoms with Gasteiger partial charge in [0, 0.05) is 29.9 Å². The number of hydrogen-bond acceptors (Lipinski definition) is 2. The van der Waals surface area contributed by atoms with Crippen LogP contribution in [0.5, 0.6) is 0 Å². The third-order valence-electron chi connectivity index (χ3n) is 2.91. The van der Waals surface area contributed by atoms with Crippen LogP contribution in [0.25, 0.3) is 0 Å². The number of para-hydroxylation sites is 1. The molecule has 0 amide bonds. The van der Waals surface area contributed by atoms with Gasteiger partial charge in [-0.3, -0.25) is 0 Å². The molecule has 0 atom stereocenters. The first-order chi connectivity index (χ1) is 9.08. The van der Waals surface area contributed by atoms with Crippen LogP contribution < -0.4 is 10.6 Å². The molecular weight excluding hydrogens is 276 g/mol. The SMILES string of the molecule is CN(Cc1ccc(Cl)cc1)c1ccccc1C(N)=S. The smallest absolute Gasteiger partial charge is 0.106 e. The first kappa shape index (κ1) is 13.8. The zero-order valence-corrected chi connectivity index (χ0v) is 12.2. The van der Waals surface area contributed by atoms with Gasteiger partial charge in [0.1, 0.15) is 4.99 Å². The minimum atomic E-state index is 0.415. The van der Waals surface area contributed by atoms with Crippen molar-refractivity contribution >= 4 is 34.5 Å². The summed E-state index contributed by atoms with van der Waals surface area (Å²) in [6, 6.07) is 15.7. The number of hydrogen-bond donors (Lipinski definition) is 1. The lowest BCUT2D eigenvalue weighted by Crippen LogP contribution is -2.21. The average molecular weight is 291 g/mol. The Bertz CT molecular complexity index is 581. The molecule has 19 heavy (non-hydrogen) atoms. The molecule has 2 rings (SSSR count). The quantitative estimate of drug-likeness (QED) is 0.872. The fourth-order valence-corrected chi connectivity index (χ4v) is 2.26. The lowest BCUT2D eigenvalue weighted by Gasteiger charge is -2.22. The molecule has 0 heterocycles. The predicted octanol–water partition coefficient (Wildman–Crippen LogP) is 3.61. The molecule has 0 radical (unpaired) electrons. The second-order valence-electron chi connectivity index (χ2n) is 4.36. The minimum absolute atomic E-state index is 0.415. The van der Waals surface area contributed by atoms with Gasteiger partial charge >= 0.3 is 0 Å².